The number of ketones is 1. The van der Waals surface area contributed by atoms with Gasteiger partial charge in [-0.3, -0.25) is 14.9 Å². The predicted octanol–water partition coefficient (Wildman–Crippen LogP) is 8.43. The van der Waals surface area contributed by atoms with Gasteiger partial charge in [0.15, 0.2) is 0 Å². The smallest absolute Gasteiger partial charge is 0.287 e. The van der Waals surface area contributed by atoms with Crippen LogP contribution in [0.15, 0.2) is 75.6 Å². The van der Waals surface area contributed by atoms with E-state index in [1.54, 1.807) is 6.07 Å². The molecule has 0 saturated heterocycles. The third kappa shape index (κ3) is 4.92. The van der Waals surface area contributed by atoms with Crippen molar-refractivity contribution in [1.82, 2.24) is 0 Å². The number of nitrogens with zero attached hydrogens (tertiary/aromatic N) is 2. The Morgan fingerprint density at radius 2 is 1.65 bits per heavy atom. The van der Waals surface area contributed by atoms with Crippen LogP contribution >= 0.6 is 11.8 Å². The van der Waals surface area contributed by atoms with Gasteiger partial charge in [0.1, 0.15) is 5.71 Å². The quantitative estimate of drug-likeness (QED) is 0.0907. The molecule has 0 radical (unpaired) electrons. The molecule has 6 nitrogen and oxygen atoms in total. The molecule has 0 atom stereocenters. The molecular weight excluding hydrogens is 484 g/mol. The summed E-state index contributed by atoms with van der Waals surface area (Å²) in [6.07, 6.45) is 5.25. The van der Waals surface area contributed by atoms with Crippen molar-refractivity contribution in [3.63, 3.8) is 0 Å². The molecule has 0 saturated carbocycles. The van der Waals surface area contributed by atoms with Crippen molar-refractivity contribution in [3.8, 4) is 11.1 Å². The molecule has 3 aromatic carbocycles. The van der Waals surface area contributed by atoms with Gasteiger partial charge in [-0.15, -0.1) is 0 Å². The van der Waals surface area contributed by atoms with Gasteiger partial charge in [-0.2, -0.15) is 0 Å². The fourth-order valence-electron chi connectivity index (χ4n) is 5.47. The number of hydrogen-bond acceptors (Lipinski definition) is 6. The Bertz CT molecular complexity index is 1340. The average Bonchev–Trinajstić information content (AvgIpc) is 3.19. The van der Waals surface area contributed by atoms with E-state index >= 15 is 0 Å². The Morgan fingerprint density at radius 1 is 1.00 bits per heavy atom. The highest BCUT2D eigenvalue weighted by molar-refractivity contribution is 7.99. The molecule has 37 heavy (non-hydrogen) atoms. The topological polar surface area (TPSA) is 92.8 Å². The molecule has 4 rings (SSSR count). The fourth-order valence-corrected chi connectivity index (χ4v) is 6.42. The van der Waals surface area contributed by atoms with Crippen LogP contribution in [0.2, 0.25) is 0 Å². The van der Waals surface area contributed by atoms with Gasteiger partial charge < -0.3 is 5.21 Å². The maximum atomic E-state index is 12.9. The number of unbranched alkanes of at least 4 members (excludes halogenated alkanes) is 2. The van der Waals surface area contributed by atoms with Crippen molar-refractivity contribution in [1.29, 1.82) is 0 Å². The van der Waals surface area contributed by atoms with Crippen LogP contribution in [0.3, 0.4) is 0 Å². The van der Waals surface area contributed by atoms with E-state index in [4.69, 9.17) is 0 Å². The van der Waals surface area contributed by atoms with Gasteiger partial charge in [0, 0.05) is 21.4 Å². The summed E-state index contributed by atoms with van der Waals surface area (Å²) in [6, 6.07) is 19.1. The first kappa shape index (κ1) is 26.6. The molecule has 0 unspecified atom stereocenters. The van der Waals surface area contributed by atoms with Crippen molar-refractivity contribution < 1.29 is 14.9 Å². The second-order valence-corrected chi connectivity index (χ2v) is 10.7. The minimum absolute atomic E-state index is 0.00991. The fraction of sp³-hybridized carbons (Fsp3) is 0.333. The molecule has 3 aromatic rings. The summed E-state index contributed by atoms with van der Waals surface area (Å²) in [7, 11) is 0. The van der Waals surface area contributed by atoms with Crippen molar-refractivity contribution >= 4 is 28.9 Å². The third-order valence-corrected chi connectivity index (χ3v) is 8.31. The summed E-state index contributed by atoms with van der Waals surface area (Å²) in [4.78, 5) is 27.0. The summed E-state index contributed by atoms with van der Waals surface area (Å²) in [5.74, 6) is -0.351. The SMILES string of the molecule is CCCCC1(CCCC)c2cc(C(=O)/C(C)=N/O)ccc2-c2ccc(Sc3ccccc3)c([N+](=O)[O-])c21. The molecule has 0 aromatic heterocycles. The summed E-state index contributed by atoms with van der Waals surface area (Å²) in [5, 5.41) is 25.0. The third-order valence-electron chi connectivity index (χ3n) is 7.25. The first-order chi connectivity index (χ1) is 17.9. The zero-order valence-electron chi connectivity index (χ0n) is 21.5. The van der Waals surface area contributed by atoms with Crippen LogP contribution in [-0.4, -0.2) is 21.6 Å². The van der Waals surface area contributed by atoms with Gasteiger partial charge in [-0.05, 0) is 60.7 Å². The number of nitro benzene ring substituents is 1. The molecular formula is C30H32N2O4S. The van der Waals surface area contributed by atoms with Crippen LogP contribution in [0, 0.1) is 10.1 Å². The summed E-state index contributed by atoms with van der Waals surface area (Å²) >= 11 is 1.41. The van der Waals surface area contributed by atoms with Gasteiger partial charge >= 0.3 is 0 Å². The second kappa shape index (κ2) is 11.3. The molecule has 0 spiro atoms. The van der Waals surface area contributed by atoms with Gasteiger partial charge in [-0.1, -0.05) is 92.8 Å². The van der Waals surface area contributed by atoms with Crippen LogP contribution < -0.4 is 0 Å². The Labute approximate surface area is 222 Å². The van der Waals surface area contributed by atoms with Crippen LogP contribution in [-0.2, 0) is 5.41 Å². The molecule has 0 bridgehead atoms. The van der Waals surface area contributed by atoms with E-state index in [0.29, 0.717) is 10.5 Å². The number of hydrogen-bond donors (Lipinski definition) is 1. The number of carbonyl (C=O) groups excluding carboxylic acids is 1. The van der Waals surface area contributed by atoms with Crippen molar-refractivity contribution in [2.75, 3.05) is 0 Å². The molecule has 0 aliphatic heterocycles. The Hall–Kier alpha value is -3.45. The average molecular weight is 517 g/mol. The summed E-state index contributed by atoms with van der Waals surface area (Å²) in [6.45, 7) is 5.73. The minimum Gasteiger partial charge on any atom is -0.411 e. The zero-order valence-corrected chi connectivity index (χ0v) is 22.3. The molecule has 192 valence electrons. The Morgan fingerprint density at radius 3 is 2.24 bits per heavy atom. The molecule has 0 heterocycles. The number of nitro groups is 1. The summed E-state index contributed by atoms with van der Waals surface area (Å²) < 4.78 is 0. The van der Waals surface area contributed by atoms with E-state index in [9.17, 15) is 20.1 Å². The van der Waals surface area contributed by atoms with E-state index in [2.05, 4.69) is 19.0 Å². The summed E-state index contributed by atoms with van der Waals surface area (Å²) in [5.41, 5.74) is 3.58. The zero-order chi connectivity index (χ0) is 26.6. The number of benzene rings is 3. The van der Waals surface area contributed by atoms with Crippen LogP contribution in [0.4, 0.5) is 5.69 Å². The van der Waals surface area contributed by atoms with E-state index in [-0.39, 0.29) is 22.1 Å². The van der Waals surface area contributed by atoms with E-state index < -0.39 is 5.41 Å². The van der Waals surface area contributed by atoms with Gasteiger partial charge in [-0.25, -0.2) is 0 Å². The molecule has 1 N–H and O–H groups in total. The molecule has 1 aliphatic rings. The predicted molar refractivity (Wildman–Crippen MR) is 148 cm³/mol. The largest absolute Gasteiger partial charge is 0.411 e. The first-order valence-corrected chi connectivity index (χ1v) is 13.6. The maximum absolute atomic E-state index is 12.9. The lowest BCUT2D eigenvalue weighted by molar-refractivity contribution is -0.388. The Balaban J connectivity index is 2.00. The van der Waals surface area contributed by atoms with Crippen LogP contribution in [0.25, 0.3) is 11.1 Å². The lowest BCUT2D eigenvalue weighted by Crippen LogP contribution is -2.27. The highest BCUT2D eigenvalue weighted by Crippen LogP contribution is 2.59. The van der Waals surface area contributed by atoms with E-state index in [1.807, 2.05) is 54.6 Å². The number of fused-ring (bicyclic) bond motifs is 3. The standard InChI is InChI=1S/C30H32N2O4S/c1-4-6-17-30(18-7-5-2)25-19-21(29(33)20(3)31-34)13-14-23(25)24-15-16-26(28(27(24)30)32(35)36)37-22-11-9-8-10-12-22/h8-16,19,34H,4-7,17-18H2,1-3H3/b31-20+. The molecule has 0 amide bonds. The monoisotopic (exact) mass is 516 g/mol. The van der Waals surface area contributed by atoms with Crippen molar-refractivity contribution in [2.45, 2.75) is 74.5 Å². The lowest BCUT2D eigenvalue weighted by atomic mass is 9.70. The minimum atomic E-state index is -0.576. The van der Waals surface area contributed by atoms with Gasteiger partial charge in [0.05, 0.1) is 9.82 Å². The first-order valence-electron chi connectivity index (χ1n) is 12.8. The molecule has 7 heteroatoms. The van der Waals surface area contributed by atoms with Crippen molar-refractivity contribution in [3.05, 3.63) is 87.5 Å². The number of carbonyl (C=O) groups is 1. The number of Topliss-reactive ketones (excluding diaryl/α,β-unsaturated/α-hetero) is 1. The number of oxime groups is 1. The maximum Gasteiger partial charge on any atom is 0.287 e. The van der Waals surface area contributed by atoms with Crippen LogP contribution in [0.5, 0.6) is 0 Å². The van der Waals surface area contributed by atoms with E-state index in [0.717, 1.165) is 65.7 Å². The molecule has 0 fully saturated rings. The van der Waals surface area contributed by atoms with Crippen molar-refractivity contribution in [2.24, 2.45) is 5.16 Å². The molecule has 1 aliphatic carbocycles. The van der Waals surface area contributed by atoms with Gasteiger partial charge in [0.25, 0.3) is 5.69 Å². The van der Waals surface area contributed by atoms with E-state index in [1.165, 1.54) is 18.7 Å². The van der Waals surface area contributed by atoms with Gasteiger partial charge in [0.2, 0.25) is 5.78 Å². The number of rotatable bonds is 11. The lowest BCUT2D eigenvalue weighted by Gasteiger charge is -2.32. The highest BCUT2D eigenvalue weighted by Gasteiger charge is 2.48. The Kier molecular flexibility index (Phi) is 8.13. The normalized spacial score (nSPS) is 13.8. The second-order valence-electron chi connectivity index (χ2n) is 9.57. The highest BCUT2D eigenvalue weighted by atomic mass is 32.2. The van der Waals surface area contributed by atoms with Crippen LogP contribution in [0.1, 0.15) is 80.8 Å².